The van der Waals surface area contributed by atoms with Crippen molar-refractivity contribution < 1.29 is 14.3 Å². The standard InChI is InChI=1S/C16H26N2O3/c1-5-6-9-17-12(2)10-16(19)18-14-11-13(20-3)7-8-15(14)21-4/h7-8,11-12,17H,5-6,9-10H2,1-4H3,(H,18,19). The fourth-order valence-electron chi connectivity index (χ4n) is 1.99. The summed E-state index contributed by atoms with van der Waals surface area (Å²) < 4.78 is 10.4. The molecule has 0 bridgehead atoms. The number of benzene rings is 1. The van der Waals surface area contributed by atoms with Crippen molar-refractivity contribution >= 4 is 11.6 Å². The number of amides is 1. The fourth-order valence-corrected chi connectivity index (χ4v) is 1.99. The number of anilines is 1. The normalized spacial score (nSPS) is 11.8. The largest absolute Gasteiger partial charge is 0.497 e. The van der Waals surface area contributed by atoms with Gasteiger partial charge in [-0.25, -0.2) is 0 Å². The van der Waals surface area contributed by atoms with Crippen LogP contribution in [0.2, 0.25) is 0 Å². The van der Waals surface area contributed by atoms with Crippen molar-refractivity contribution in [3.8, 4) is 11.5 Å². The molecule has 0 aromatic heterocycles. The van der Waals surface area contributed by atoms with Crippen molar-refractivity contribution in [1.82, 2.24) is 5.32 Å². The van der Waals surface area contributed by atoms with Crippen LogP contribution in [0.15, 0.2) is 18.2 Å². The molecule has 1 aromatic rings. The molecule has 2 N–H and O–H groups in total. The molecule has 0 saturated heterocycles. The highest BCUT2D eigenvalue weighted by Crippen LogP contribution is 2.28. The van der Waals surface area contributed by atoms with E-state index in [4.69, 9.17) is 9.47 Å². The molecular formula is C16H26N2O3. The predicted octanol–water partition coefficient (Wildman–Crippen LogP) is 2.81. The summed E-state index contributed by atoms with van der Waals surface area (Å²) in [5.41, 5.74) is 0.627. The van der Waals surface area contributed by atoms with Crippen LogP contribution in [0.3, 0.4) is 0 Å². The van der Waals surface area contributed by atoms with Gasteiger partial charge < -0.3 is 20.1 Å². The van der Waals surface area contributed by atoms with Crippen molar-refractivity contribution in [2.24, 2.45) is 0 Å². The molecule has 1 aromatic carbocycles. The summed E-state index contributed by atoms with van der Waals surface area (Å²) in [6.45, 7) is 5.10. The zero-order chi connectivity index (χ0) is 15.7. The van der Waals surface area contributed by atoms with E-state index in [0.717, 1.165) is 19.4 Å². The minimum atomic E-state index is -0.0435. The minimum Gasteiger partial charge on any atom is -0.497 e. The Morgan fingerprint density at radius 1 is 1.29 bits per heavy atom. The minimum absolute atomic E-state index is 0.0435. The van der Waals surface area contributed by atoms with Gasteiger partial charge in [-0.2, -0.15) is 0 Å². The maximum Gasteiger partial charge on any atom is 0.226 e. The number of ether oxygens (including phenoxy) is 2. The molecule has 0 saturated carbocycles. The number of rotatable bonds is 9. The first-order chi connectivity index (χ1) is 10.1. The molecule has 0 aliphatic heterocycles. The number of hydrogen-bond donors (Lipinski definition) is 2. The second-order valence-corrected chi connectivity index (χ2v) is 5.03. The Morgan fingerprint density at radius 2 is 2.05 bits per heavy atom. The highest BCUT2D eigenvalue weighted by atomic mass is 16.5. The summed E-state index contributed by atoms with van der Waals surface area (Å²) >= 11 is 0. The van der Waals surface area contributed by atoms with Crippen molar-refractivity contribution in [3.05, 3.63) is 18.2 Å². The number of carbonyl (C=O) groups is 1. The van der Waals surface area contributed by atoms with E-state index in [1.807, 2.05) is 6.92 Å². The van der Waals surface area contributed by atoms with Gasteiger partial charge in [-0.1, -0.05) is 13.3 Å². The van der Waals surface area contributed by atoms with Crippen LogP contribution in [0, 0.1) is 0 Å². The summed E-state index contributed by atoms with van der Waals surface area (Å²) in [4.78, 5) is 12.1. The van der Waals surface area contributed by atoms with Gasteiger partial charge in [0.1, 0.15) is 11.5 Å². The quantitative estimate of drug-likeness (QED) is 0.688. The molecule has 5 nitrogen and oxygen atoms in total. The van der Waals surface area contributed by atoms with Crippen molar-refractivity contribution in [2.75, 3.05) is 26.1 Å². The van der Waals surface area contributed by atoms with Gasteiger partial charge in [0.2, 0.25) is 5.91 Å². The molecule has 118 valence electrons. The molecule has 0 heterocycles. The van der Waals surface area contributed by atoms with Crippen LogP contribution in [-0.4, -0.2) is 32.7 Å². The predicted molar refractivity (Wildman–Crippen MR) is 85.2 cm³/mol. The van der Waals surface area contributed by atoms with Gasteiger partial charge in [-0.05, 0) is 32.0 Å². The van der Waals surface area contributed by atoms with Gasteiger partial charge in [-0.15, -0.1) is 0 Å². The number of nitrogens with one attached hydrogen (secondary N) is 2. The van der Waals surface area contributed by atoms with Crippen LogP contribution in [0.4, 0.5) is 5.69 Å². The van der Waals surface area contributed by atoms with Crippen LogP contribution in [0.5, 0.6) is 11.5 Å². The van der Waals surface area contributed by atoms with Crippen molar-refractivity contribution in [1.29, 1.82) is 0 Å². The molecule has 1 unspecified atom stereocenters. The van der Waals surface area contributed by atoms with Crippen LogP contribution in [0.25, 0.3) is 0 Å². The average Bonchev–Trinajstić information content (AvgIpc) is 2.47. The molecule has 0 fully saturated rings. The van der Waals surface area contributed by atoms with Crippen molar-refractivity contribution in [3.63, 3.8) is 0 Å². The first kappa shape index (κ1) is 17.3. The van der Waals surface area contributed by atoms with Crippen molar-refractivity contribution in [2.45, 2.75) is 39.2 Å². The highest BCUT2D eigenvalue weighted by molar-refractivity contribution is 5.92. The van der Waals surface area contributed by atoms with Gasteiger partial charge in [-0.3, -0.25) is 4.79 Å². The molecule has 0 spiro atoms. The second kappa shape index (κ2) is 9.23. The number of carbonyl (C=O) groups excluding carboxylic acids is 1. The van der Waals surface area contributed by atoms with Crippen LogP contribution < -0.4 is 20.1 Å². The molecular weight excluding hydrogens is 268 g/mol. The maximum absolute atomic E-state index is 12.1. The van der Waals surface area contributed by atoms with Crippen LogP contribution in [-0.2, 0) is 4.79 Å². The Labute approximate surface area is 127 Å². The summed E-state index contributed by atoms with van der Waals surface area (Å²) in [6, 6.07) is 5.47. The van der Waals surface area contributed by atoms with E-state index in [9.17, 15) is 4.79 Å². The lowest BCUT2D eigenvalue weighted by atomic mass is 10.2. The summed E-state index contributed by atoms with van der Waals surface area (Å²) in [5.74, 6) is 1.26. The van der Waals surface area contributed by atoms with E-state index in [-0.39, 0.29) is 11.9 Å². The summed E-state index contributed by atoms with van der Waals surface area (Å²) in [6.07, 6.45) is 2.69. The second-order valence-electron chi connectivity index (χ2n) is 5.03. The first-order valence-electron chi connectivity index (χ1n) is 7.36. The van der Waals surface area contributed by atoms with Gasteiger partial charge in [0.25, 0.3) is 0 Å². The molecule has 1 amide bonds. The van der Waals surface area contributed by atoms with Crippen LogP contribution in [0.1, 0.15) is 33.1 Å². The topological polar surface area (TPSA) is 59.6 Å². The monoisotopic (exact) mass is 294 g/mol. The average molecular weight is 294 g/mol. The lowest BCUT2D eigenvalue weighted by Crippen LogP contribution is -2.31. The smallest absolute Gasteiger partial charge is 0.226 e. The fraction of sp³-hybridized carbons (Fsp3) is 0.562. The van der Waals surface area contributed by atoms with E-state index < -0.39 is 0 Å². The molecule has 0 aliphatic carbocycles. The molecule has 0 radical (unpaired) electrons. The Bertz CT molecular complexity index is 449. The third-order valence-corrected chi connectivity index (χ3v) is 3.20. The molecule has 21 heavy (non-hydrogen) atoms. The SMILES string of the molecule is CCCCNC(C)CC(=O)Nc1cc(OC)ccc1OC. The summed E-state index contributed by atoms with van der Waals surface area (Å²) in [7, 11) is 3.17. The first-order valence-corrected chi connectivity index (χ1v) is 7.36. The number of unbranched alkanes of at least 4 members (excludes halogenated alkanes) is 1. The Kier molecular flexibility index (Phi) is 7.61. The molecule has 0 aliphatic rings. The number of hydrogen-bond acceptors (Lipinski definition) is 4. The van der Waals surface area contributed by atoms with E-state index in [2.05, 4.69) is 17.6 Å². The zero-order valence-electron chi connectivity index (χ0n) is 13.4. The summed E-state index contributed by atoms with van der Waals surface area (Å²) in [5, 5.41) is 6.21. The zero-order valence-corrected chi connectivity index (χ0v) is 13.4. The van der Waals surface area contributed by atoms with Gasteiger partial charge in [0.05, 0.1) is 19.9 Å². The highest BCUT2D eigenvalue weighted by Gasteiger charge is 2.12. The molecule has 1 atom stereocenters. The van der Waals surface area contributed by atoms with E-state index in [1.54, 1.807) is 32.4 Å². The van der Waals surface area contributed by atoms with E-state index >= 15 is 0 Å². The number of methoxy groups -OCH3 is 2. The molecule has 1 rings (SSSR count). The van der Waals surface area contributed by atoms with Gasteiger partial charge >= 0.3 is 0 Å². The van der Waals surface area contributed by atoms with Gasteiger partial charge in [0, 0.05) is 18.5 Å². The lowest BCUT2D eigenvalue weighted by Gasteiger charge is -2.15. The third kappa shape index (κ3) is 6.04. The molecule has 5 heteroatoms. The Balaban J connectivity index is 2.57. The van der Waals surface area contributed by atoms with Gasteiger partial charge in [0.15, 0.2) is 0 Å². The van der Waals surface area contributed by atoms with Crippen LogP contribution >= 0.6 is 0 Å². The van der Waals surface area contributed by atoms with E-state index in [0.29, 0.717) is 23.6 Å². The maximum atomic E-state index is 12.1. The Hall–Kier alpha value is -1.75. The Morgan fingerprint density at radius 3 is 2.67 bits per heavy atom. The lowest BCUT2D eigenvalue weighted by molar-refractivity contribution is -0.116. The third-order valence-electron chi connectivity index (χ3n) is 3.20. The van der Waals surface area contributed by atoms with E-state index in [1.165, 1.54) is 0 Å².